The molecule has 1 aromatic carbocycles. The summed E-state index contributed by atoms with van der Waals surface area (Å²) in [5, 5.41) is 0. The third-order valence-corrected chi connectivity index (χ3v) is 3.37. The van der Waals surface area contributed by atoms with Gasteiger partial charge in [-0.15, -0.1) is 0 Å². The first-order chi connectivity index (χ1) is 5.22. The summed E-state index contributed by atoms with van der Waals surface area (Å²) in [5.41, 5.74) is 0.983. The molecule has 58 valence electrons. The maximum absolute atomic E-state index is 10.9. The van der Waals surface area contributed by atoms with Crippen LogP contribution in [0.15, 0.2) is 30.3 Å². The van der Waals surface area contributed by atoms with E-state index in [1.165, 1.54) is 0 Å². The predicted octanol–water partition coefficient (Wildman–Crippen LogP) is 3.73. The molecule has 3 heteroatoms. The summed E-state index contributed by atoms with van der Waals surface area (Å²) in [6, 6.07) is 9.63. The van der Waals surface area contributed by atoms with Crippen LogP contribution in [0.1, 0.15) is 18.1 Å². The molecule has 2 atom stereocenters. The van der Waals surface area contributed by atoms with Crippen molar-refractivity contribution in [3.8, 4) is 0 Å². The Morgan fingerprint density at radius 2 is 1.91 bits per heavy atom. The van der Waals surface area contributed by atoms with Crippen molar-refractivity contribution >= 4 is 18.4 Å². The zero-order valence-electron chi connectivity index (χ0n) is 6.20. The van der Waals surface area contributed by atoms with Crippen molar-refractivity contribution in [2.75, 3.05) is 0 Å². The van der Waals surface area contributed by atoms with Gasteiger partial charge in [0, 0.05) is 5.56 Å². The van der Waals surface area contributed by atoms with E-state index < -0.39 is 7.15 Å². The summed E-state index contributed by atoms with van der Waals surface area (Å²) >= 11 is 5.47. The Labute approximate surface area is 72.0 Å². The summed E-state index contributed by atoms with van der Waals surface area (Å²) in [6.45, 7) is 1.86. The topological polar surface area (TPSA) is 17.1 Å². The lowest BCUT2D eigenvalue weighted by Crippen LogP contribution is -1.83. The minimum atomic E-state index is -1.62. The number of rotatable bonds is 2. The number of benzene rings is 1. The molecule has 0 radical (unpaired) electrons. The molecular weight excluding hydrogens is 179 g/mol. The molecule has 2 unspecified atom stereocenters. The monoisotopic (exact) mass is 187 g/mol. The van der Waals surface area contributed by atoms with Gasteiger partial charge in [0.1, 0.15) is 0 Å². The summed E-state index contributed by atoms with van der Waals surface area (Å²) in [7, 11) is -1.62. The Kier molecular flexibility index (Phi) is 3.04. The average molecular weight is 188 g/mol. The fourth-order valence-corrected chi connectivity index (χ4v) is 1.59. The molecule has 1 rings (SSSR count). The predicted molar refractivity (Wildman–Crippen MR) is 48.3 cm³/mol. The molecule has 0 aliphatic heterocycles. The van der Waals surface area contributed by atoms with Crippen LogP contribution < -0.4 is 0 Å². The number of halogens is 1. The van der Waals surface area contributed by atoms with Gasteiger partial charge in [-0.3, -0.25) is 0 Å². The van der Waals surface area contributed by atoms with Crippen LogP contribution in [0.25, 0.3) is 0 Å². The van der Waals surface area contributed by atoms with Crippen molar-refractivity contribution in [3.05, 3.63) is 35.9 Å². The van der Waals surface area contributed by atoms with E-state index in [2.05, 4.69) is 0 Å². The third-order valence-electron chi connectivity index (χ3n) is 1.59. The molecule has 1 nitrogen and oxygen atoms in total. The fraction of sp³-hybridized carbons (Fsp3) is 0.250. The van der Waals surface area contributed by atoms with Crippen LogP contribution in [0.4, 0.5) is 0 Å². The average Bonchev–Trinajstić information content (AvgIpc) is 2.05. The summed E-state index contributed by atoms with van der Waals surface area (Å²) in [4.78, 5) is 0. The zero-order chi connectivity index (χ0) is 8.27. The molecule has 0 spiro atoms. The van der Waals surface area contributed by atoms with E-state index in [1.54, 1.807) is 0 Å². The van der Waals surface area contributed by atoms with Crippen LogP contribution in [0, 0.1) is 0 Å². The van der Waals surface area contributed by atoms with Crippen molar-refractivity contribution in [2.24, 2.45) is 0 Å². The molecule has 0 aliphatic carbocycles. The first-order valence-electron chi connectivity index (χ1n) is 3.39. The summed E-state index contributed by atoms with van der Waals surface area (Å²) in [5.74, 6) is 0. The van der Waals surface area contributed by atoms with Gasteiger partial charge < -0.3 is 0 Å². The number of hydrogen-bond acceptors (Lipinski definition) is 1. The van der Waals surface area contributed by atoms with Gasteiger partial charge in [0.25, 0.3) is 0 Å². The van der Waals surface area contributed by atoms with Crippen molar-refractivity contribution in [2.45, 2.75) is 12.6 Å². The highest BCUT2D eigenvalue weighted by atomic mass is 35.7. The molecule has 0 bridgehead atoms. The van der Waals surface area contributed by atoms with Crippen molar-refractivity contribution in [1.29, 1.82) is 0 Å². The van der Waals surface area contributed by atoms with Gasteiger partial charge in [-0.25, -0.2) is 0 Å². The molecule has 0 aromatic heterocycles. The van der Waals surface area contributed by atoms with E-state index in [4.69, 9.17) is 11.2 Å². The van der Waals surface area contributed by atoms with Crippen LogP contribution in [-0.2, 0) is 4.57 Å². The minimum absolute atomic E-state index is 0.0483. The second-order valence-electron chi connectivity index (χ2n) is 2.36. The fourth-order valence-electron chi connectivity index (χ4n) is 0.849. The quantitative estimate of drug-likeness (QED) is 0.645. The van der Waals surface area contributed by atoms with Gasteiger partial charge in [0.2, 0.25) is 11.2 Å². The molecular formula is C8H9ClOP+. The molecule has 0 saturated carbocycles. The standard InChI is InChI=1S/C8H9ClOP/c1-7(11(9)10)8-5-3-2-4-6-8/h2-7H,1H3/q+1. The molecule has 0 aliphatic rings. The van der Waals surface area contributed by atoms with Crippen LogP contribution in [0.2, 0.25) is 0 Å². The van der Waals surface area contributed by atoms with Gasteiger partial charge in [-0.2, -0.15) is 0 Å². The Morgan fingerprint density at radius 1 is 1.36 bits per heavy atom. The lowest BCUT2D eigenvalue weighted by Gasteiger charge is -1.95. The largest absolute Gasteiger partial charge is 0.462 e. The normalized spacial score (nSPS) is 14.2. The maximum atomic E-state index is 10.9. The molecule has 0 fully saturated rings. The van der Waals surface area contributed by atoms with E-state index in [9.17, 15) is 4.57 Å². The van der Waals surface area contributed by atoms with Crippen molar-refractivity contribution in [1.82, 2.24) is 0 Å². The Balaban J connectivity index is 2.85. The highest BCUT2D eigenvalue weighted by Crippen LogP contribution is 2.44. The maximum Gasteiger partial charge on any atom is 0.462 e. The summed E-state index contributed by atoms with van der Waals surface area (Å²) in [6.07, 6.45) is 0. The zero-order valence-corrected chi connectivity index (χ0v) is 7.85. The van der Waals surface area contributed by atoms with Crippen LogP contribution >= 0.6 is 18.4 Å². The molecule has 0 heterocycles. The SMILES string of the molecule is CC(c1ccccc1)[P+](=O)Cl. The Bertz CT molecular complexity index is 248. The first-order valence-corrected chi connectivity index (χ1v) is 5.62. The van der Waals surface area contributed by atoms with Crippen molar-refractivity contribution < 1.29 is 4.57 Å². The van der Waals surface area contributed by atoms with Gasteiger partial charge in [0.15, 0.2) is 5.66 Å². The van der Waals surface area contributed by atoms with Gasteiger partial charge in [-0.1, -0.05) is 34.9 Å². The minimum Gasteiger partial charge on any atom is -0.0622 e. The van der Waals surface area contributed by atoms with Crippen LogP contribution in [0.3, 0.4) is 0 Å². The Morgan fingerprint density at radius 3 is 2.36 bits per heavy atom. The summed E-state index contributed by atoms with van der Waals surface area (Å²) < 4.78 is 10.9. The second kappa shape index (κ2) is 3.85. The first kappa shape index (κ1) is 8.70. The van der Waals surface area contributed by atoms with E-state index >= 15 is 0 Å². The van der Waals surface area contributed by atoms with E-state index in [1.807, 2.05) is 37.3 Å². The van der Waals surface area contributed by atoms with Crippen molar-refractivity contribution in [3.63, 3.8) is 0 Å². The smallest absolute Gasteiger partial charge is 0.0622 e. The van der Waals surface area contributed by atoms with E-state index in [0.29, 0.717) is 0 Å². The molecule has 0 saturated heterocycles. The van der Waals surface area contributed by atoms with E-state index in [-0.39, 0.29) is 5.66 Å². The van der Waals surface area contributed by atoms with Gasteiger partial charge in [-0.05, 0) is 6.92 Å². The molecule has 1 aromatic rings. The molecule has 0 N–H and O–H groups in total. The highest BCUT2D eigenvalue weighted by Gasteiger charge is 2.24. The van der Waals surface area contributed by atoms with Gasteiger partial charge >= 0.3 is 7.15 Å². The lowest BCUT2D eigenvalue weighted by molar-refractivity contribution is 0.590. The number of hydrogen-bond donors (Lipinski definition) is 0. The Hall–Kier alpha value is -0.390. The van der Waals surface area contributed by atoms with Crippen LogP contribution in [0.5, 0.6) is 0 Å². The lowest BCUT2D eigenvalue weighted by atomic mass is 10.2. The van der Waals surface area contributed by atoms with Crippen LogP contribution in [-0.4, -0.2) is 0 Å². The second-order valence-corrected chi connectivity index (χ2v) is 4.68. The highest BCUT2D eigenvalue weighted by molar-refractivity contribution is 7.74. The molecule has 11 heavy (non-hydrogen) atoms. The van der Waals surface area contributed by atoms with E-state index in [0.717, 1.165) is 5.56 Å². The van der Waals surface area contributed by atoms with Gasteiger partial charge in [0.05, 0.1) is 0 Å². The molecule has 0 amide bonds. The third kappa shape index (κ3) is 2.28.